The molecule has 1 aromatic rings. The molecule has 0 bridgehead atoms. The highest BCUT2D eigenvalue weighted by molar-refractivity contribution is 6.05. The number of carbonyl (C=O) groups excluding carboxylic acids is 1. The lowest BCUT2D eigenvalue weighted by atomic mass is 9.73. The van der Waals surface area contributed by atoms with Crippen molar-refractivity contribution in [1.29, 1.82) is 0 Å². The van der Waals surface area contributed by atoms with Gasteiger partial charge in [-0.1, -0.05) is 50.6 Å². The third-order valence-corrected chi connectivity index (χ3v) is 3.61. The van der Waals surface area contributed by atoms with Crippen LogP contribution >= 0.6 is 0 Å². The summed E-state index contributed by atoms with van der Waals surface area (Å²) in [5, 5.41) is 9.72. The van der Waals surface area contributed by atoms with Crippen LogP contribution in [0.4, 0.5) is 0 Å². The molecule has 0 spiro atoms. The highest BCUT2D eigenvalue weighted by Crippen LogP contribution is 2.34. The number of carboxylic acid groups (broad SMARTS) is 1. The summed E-state index contributed by atoms with van der Waals surface area (Å²) in [7, 11) is 0. The van der Waals surface area contributed by atoms with Gasteiger partial charge < -0.3 is 9.84 Å². The summed E-state index contributed by atoms with van der Waals surface area (Å²) in [6.07, 6.45) is 1.04. The summed E-state index contributed by atoms with van der Waals surface area (Å²) in [5.74, 6) is -1.72. The lowest BCUT2D eigenvalue weighted by Gasteiger charge is -2.30. The van der Waals surface area contributed by atoms with Crippen LogP contribution in [0.25, 0.3) is 0 Å². The van der Waals surface area contributed by atoms with E-state index in [1.807, 2.05) is 13.8 Å². The van der Waals surface area contributed by atoms with Gasteiger partial charge in [0.1, 0.15) is 0 Å². The summed E-state index contributed by atoms with van der Waals surface area (Å²) in [5.41, 5.74) is -1.14. The fraction of sp³-hybridized carbons (Fsp3) is 0.500. The van der Waals surface area contributed by atoms with Crippen molar-refractivity contribution < 1.29 is 19.4 Å². The average molecular weight is 278 g/mol. The van der Waals surface area contributed by atoms with E-state index in [1.165, 1.54) is 0 Å². The first-order valence-electron chi connectivity index (χ1n) is 6.95. The van der Waals surface area contributed by atoms with Crippen LogP contribution in [0.1, 0.15) is 39.2 Å². The van der Waals surface area contributed by atoms with Gasteiger partial charge in [-0.15, -0.1) is 0 Å². The smallest absolute Gasteiger partial charge is 0.328 e. The first kappa shape index (κ1) is 16.2. The first-order valence-corrected chi connectivity index (χ1v) is 6.95. The van der Waals surface area contributed by atoms with Crippen LogP contribution in [-0.4, -0.2) is 23.7 Å². The second-order valence-corrected chi connectivity index (χ2v) is 5.01. The van der Waals surface area contributed by atoms with Gasteiger partial charge in [-0.3, -0.25) is 9.59 Å². The van der Waals surface area contributed by atoms with Crippen LogP contribution in [0.3, 0.4) is 0 Å². The number of rotatable bonds is 7. The summed E-state index contributed by atoms with van der Waals surface area (Å²) < 4.78 is 5.05. The van der Waals surface area contributed by atoms with Crippen LogP contribution < -0.4 is 0 Å². The third-order valence-electron chi connectivity index (χ3n) is 3.61. The maximum absolute atomic E-state index is 12.4. The predicted molar refractivity (Wildman–Crippen MR) is 76.5 cm³/mol. The number of carbonyl (C=O) groups is 2. The van der Waals surface area contributed by atoms with E-state index < -0.39 is 17.4 Å². The third kappa shape index (κ3) is 3.18. The van der Waals surface area contributed by atoms with Crippen molar-refractivity contribution in [3.63, 3.8) is 0 Å². The molecule has 0 radical (unpaired) electrons. The molecule has 2 atom stereocenters. The molecule has 2 unspecified atom stereocenters. The Morgan fingerprint density at radius 3 is 2.30 bits per heavy atom. The van der Waals surface area contributed by atoms with Gasteiger partial charge in [-0.05, 0) is 24.8 Å². The number of esters is 1. The SMILES string of the molecule is CCOC(=O)C(CC(C)CC)(C(=O)O)c1ccccc1. The molecule has 0 saturated carbocycles. The van der Waals surface area contributed by atoms with Crippen molar-refractivity contribution in [3.8, 4) is 0 Å². The number of hydrogen-bond donors (Lipinski definition) is 1. The van der Waals surface area contributed by atoms with Crippen LogP contribution in [0.2, 0.25) is 0 Å². The fourth-order valence-corrected chi connectivity index (χ4v) is 2.26. The Morgan fingerprint density at radius 2 is 1.85 bits per heavy atom. The highest BCUT2D eigenvalue weighted by atomic mass is 16.5. The van der Waals surface area contributed by atoms with E-state index in [9.17, 15) is 14.7 Å². The Morgan fingerprint density at radius 1 is 1.25 bits per heavy atom. The van der Waals surface area contributed by atoms with E-state index in [0.29, 0.717) is 5.56 Å². The molecule has 1 N–H and O–H groups in total. The molecule has 0 amide bonds. The second-order valence-electron chi connectivity index (χ2n) is 5.01. The molecule has 0 heterocycles. The molecular weight excluding hydrogens is 256 g/mol. The Labute approximate surface area is 119 Å². The predicted octanol–water partition coefficient (Wildman–Crippen LogP) is 3.01. The van der Waals surface area contributed by atoms with E-state index in [-0.39, 0.29) is 18.9 Å². The second kappa shape index (κ2) is 7.08. The number of aliphatic carboxylic acids is 1. The van der Waals surface area contributed by atoms with Crippen molar-refractivity contribution >= 4 is 11.9 Å². The van der Waals surface area contributed by atoms with E-state index >= 15 is 0 Å². The van der Waals surface area contributed by atoms with Crippen LogP contribution in [-0.2, 0) is 19.7 Å². The van der Waals surface area contributed by atoms with Gasteiger partial charge >= 0.3 is 11.9 Å². The van der Waals surface area contributed by atoms with Crippen molar-refractivity contribution in [2.24, 2.45) is 5.92 Å². The maximum atomic E-state index is 12.4. The Kier molecular flexibility index (Phi) is 5.74. The van der Waals surface area contributed by atoms with Crippen molar-refractivity contribution in [2.75, 3.05) is 6.61 Å². The molecule has 1 aromatic carbocycles. The lowest BCUT2D eigenvalue weighted by molar-refractivity contribution is -0.162. The summed E-state index contributed by atoms with van der Waals surface area (Å²) in [6.45, 7) is 5.77. The van der Waals surface area contributed by atoms with E-state index in [1.54, 1.807) is 37.3 Å². The molecule has 20 heavy (non-hydrogen) atoms. The van der Waals surface area contributed by atoms with E-state index in [2.05, 4.69) is 0 Å². The molecular formula is C16H22O4. The highest BCUT2D eigenvalue weighted by Gasteiger charge is 2.49. The molecule has 0 aliphatic rings. The van der Waals surface area contributed by atoms with Crippen molar-refractivity contribution in [3.05, 3.63) is 35.9 Å². The largest absolute Gasteiger partial charge is 0.480 e. The zero-order chi connectivity index (χ0) is 15.2. The van der Waals surface area contributed by atoms with Gasteiger partial charge in [0.25, 0.3) is 0 Å². The molecule has 0 saturated heterocycles. The monoisotopic (exact) mass is 278 g/mol. The Hall–Kier alpha value is -1.84. The zero-order valence-corrected chi connectivity index (χ0v) is 12.3. The van der Waals surface area contributed by atoms with Gasteiger partial charge in [0.2, 0.25) is 0 Å². The van der Waals surface area contributed by atoms with Gasteiger partial charge in [0, 0.05) is 0 Å². The molecule has 0 aromatic heterocycles. The quantitative estimate of drug-likeness (QED) is 0.615. The molecule has 4 heteroatoms. The van der Waals surface area contributed by atoms with Crippen molar-refractivity contribution in [1.82, 2.24) is 0 Å². The normalized spacial score (nSPS) is 15.2. The number of carboxylic acids is 1. The average Bonchev–Trinajstić information content (AvgIpc) is 2.45. The van der Waals surface area contributed by atoms with Gasteiger partial charge in [-0.25, -0.2) is 0 Å². The van der Waals surface area contributed by atoms with Gasteiger partial charge in [-0.2, -0.15) is 0 Å². The van der Waals surface area contributed by atoms with Crippen molar-refractivity contribution in [2.45, 2.75) is 39.0 Å². The molecule has 4 nitrogen and oxygen atoms in total. The van der Waals surface area contributed by atoms with Gasteiger partial charge in [0.05, 0.1) is 6.61 Å². The summed E-state index contributed by atoms with van der Waals surface area (Å²) in [6, 6.07) is 8.62. The molecule has 1 rings (SSSR count). The Bertz CT molecular complexity index is 455. The molecule has 0 fully saturated rings. The summed E-state index contributed by atoms with van der Waals surface area (Å²) in [4.78, 5) is 24.2. The minimum Gasteiger partial charge on any atom is -0.480 e. The lowest BCUT2D eigenvalue weighted by Crippen LogP contribution is -2.46. The van der Waals surface area contributed by atoms with E-state index in [4.69, 9.17) is 4.74 Å². The molecule has 0 aliphatic carbocycles. The van der Waals surface area contributed by atoms with E-state index in [0.717, 1.165) is 6.42 Å². The standard InChI is InChI=1S/C16H22O4/c1-4-12(3)11-16(14(17)18,15(19)20-5-2)13-9-7-6-8-10-13/h6-10,12H,4-5,11H2,1-3H3,(H,17,18). The summed E-state index contributed by atoms with van der Waals surface area (Å²) >= 11 is 0. The van der Waals surface area contributed by atoms with Crippen LogP contribution in [0, 0.1) is 5.92 Å². The molecule has 0 aliphatic heterocycles. The van der Waals surface area contributed by atoms with Crippen LogP contribution in [0.5, 0.6) is 0 Å². The Balaban J connectivity index is 3.34. The number of benzene rings is 1. The zero-order valence-electron chi connectivity index (χ0n) is 12.3. The maximum Gasteiger partial charge on any atom is 0.328 e. The van der Waals surface area contributed by atoms with Gasteiger partial charge in [0.15, 0.2) is 5.41 Å². The first-order chi connectivity index (χ1) is 9.48. The number of hydrogen-bond acceptors (Lipinski definition) is 3. The number of ether oxygens (including phenoxy) is 1. The minimum atomic E-state index is -1.62. The minimum absolute atomic E-state index is 0.107. The fourth-order valence-electron chi connectivity index (χ4n) is 2.26. The topological polar surface area (TPSA) is 63.6 Å². The van der Waals surface area contributed by atoms with Crippen LogP contribution in [0.15, 0.2) is 30.3 Å². The molecule has 110 valence electrons.